The van der Waals surface area contributed by atoms with Crippen LogP contribution in [0, 0.1) is 0 Å². The van der Waals surface area contributed by atoms with Gasteiger partial charge in [-0.1, -0.05) is 12.1 Å². The van der Waals surface area contributed by atoms with Gasteiger partial charge in [0.25, 0.3) is 5.91 Å². The topological polar surface area (TPSA) is 68.5 Å². The number of ether oxygens (including phenoxy) is 1. The molecule has 0 aliphatic heterocycles. The maximum atomic E-state index is 12.2. The second-order valence-corrected chi connectivity index (χ2v) is 4.96. The van der Waals surface area contributed by atoms with Gasteiger partial charge in [-0.3, -0.25) is 4.79 Å². The highest BCUT2D eigenvalue weighted by Crippen LogP contribution is 2.15. The van der Waals surface area contributed by atoms with E-state index in [1.165, 1.54) is 18.3 Å². The Bertz CT molecular complexity index is 833. The average Bonchev–Trinajstić information content (AvgIpc) is 3.04. The van der Waals surface area contributed by atoms with Crippen LogP contribution in [0.2, 0.25) is 0 Å². The molecule has 0 radical (unpaired) electrons. The maximum absolute atomic E-state index is 12.2. The molecule has 6 nitrogen and oxygen atoms in total. The predicted molar refractivity (Wildman–Crippen MR) is 82.1 cm³/mol. The Balaban J connectivity index is 1.56. The fraction of sp³-hybridized carbons (Fsp3) is 0.188. The van der Waals surface area contributed by atoms with Crippen LogP contribution in [0.1, 0.15) is 16.1 Å². The van der Waals surface area contributed by atoms with Crippen molar-refractivity contribution in [2.75, 3.05) is 6.54 Å². The van der Waals surface area contributed by atoms with E-state index in [0.29, 0.717) is 18.6 Å². The number of hydrogen-bond acceptors (Lipinski definition) is 4. The summed E-state index contributed by atoms with van der Waals surface area (Å²) in [7, 11) is 0. The van der Waals surface area contributed by atoms with E-state index in [-0.39, 0.29) is 17.4 Å². The third kappa shape index (κ3) is 3.65. The van der Waals surface area contributed by atoms with Crippen molar-refractivity contribution in [2.45, 2.75) is 13.0 Å². The minimum atomic E-state index is -2.84. The maximum Gasteiger partial charge on any atom is 0.387 e. The van der Waals surface area contributed by atoms with Gasteiger partial charge in [-0.15, -0.1) is 0 Å². The van der Waals surface area contributed by atoms with Crippen molar-refractivity contribution in [1.82, 2.24) is 19.7 Å². The van der Waals surface area contributed by atoms with Gasteiger partial charge in [-0.25, -0.2) is 9.97 Å². The van der Waals surface area contributed by atoms with Crippen molar-refractivity contribution in [1.29, 1.82) is 0 Å². The summed E-state index contributed by atoms with van der Waals surface area (Å²) in [6.07, 6.45) is 7.12. The highest BCUT2D eigenvalue weighted by atomic mass is 19.3. The van der Waals surface area contributed by atoms with Crippen LogP contribution in [-0.4, -0.2) is 33.4 Å². The van der Waals surface area contributed by atoms with Gasteiger partial charge in [0.15, 0.2) is 11.3 Å². The fourth-order valence-corrected chi connectivity index (χ4v) is 2.26. The lowest BCUT2D eigenvalue weighted by molar-refractivity contribution is -0.0498. The largest absolute Gasteiger partial charge is 0.435 e. The van der Waals surface area contributed by atoms with Gasteiger partial charge >= 0.3 is 6.61 Å². The number of amides is 1. The molecule has 0 spiro atoms. The molecule has 1 aromatic carbocycles. The molecule has 0 unspecified atom stereocenters. The third-order valence-electron chi connectivity index (χ3n) is 3.37. The van der Waals surface area contributed by atoms with Crippen LogP contribution in [0.3, 0.4) is 0 Å². The molecule has 3 rings (SSSR count). The van der Waals surface area contributed by atoms with Crippen LogP contribution in [0.25, 0.3) is 5.65 Å². The molecular weight excluding hydrogens is 318 g/mol. The number of rotatable bonds is 6. The molecule has 0 atom stereocenters. The van der Waals surface area contributed by atoms with Crippen LogP contribution in [0.5, 0.6) is 5.75 Å². The van der Waals surface area contributed by atoms with E-state index in [1.54, 1.807) is 35.1 Å². The summed E-state index contributed by atoms with van der Waals surface area (Å²) < 4.78 is 30.2. The summed E-state index contributed by atoms with van der Waals surface area (Å²) in [5.74, 6) is -0.211. The second-order valence-electron chi connectivity index (χ2n) is 4.96. The van der Waals surface area contributed by atoms with Crippen molar-refractivity contribution >= 4 is 11.6 Å². The van der Waals surface area contributed by atoms with E-state index < -0.39 is 6.61 Å². The molecule has 0 saturated heterocycles. The molecule has 3 aromatic rings. The SMILES string of the molecule is O=C(NCCc1ccc(OC(F)F)cc1)c1nccn2ccnc12. The zero-order valence-corrected chi connectivity index (χ0v) is 12.5. The average molecular weight is 332 g/mol. The van der Waals surface area contributed by atoms with E-state index in [0.717, 1.165) is 5.56 Å². The predicted octanol–water partition coefficient (Wildman–Crippen LogP) is 2.30. The first kappa shape index (κ1) is 15.9. The quantitative estimate of drug-likeness (QED) is 0.752. The van der Waals surface area contributed by atoms with Gasteiger partial charge < -0.3 is 14.5 Å². The Morgan fingerprint density at radius 1 is 1.17 bits per heavy atom. The number of aromatic nitrogens is 3. The van der Waals surface area contributed by atoms with E-state index in [1.807, 2.05) is 0 Å². The number of carbonyl (C=O) groups excluding carboxylic acids is 1. The Labute approximate surface area is 136 Å². The molecule has 1 N–H and O–H groups in total. The third-order valence-corrected chi connectivity index (χ3v) is 3.37. The van der Waals surface area contributed by atoms with Gasteiger partial charge in [-0.05, 0) is 24.1 Å². The molecule has 0 saturated carbocycles. The van der Waals surface area contributed by atoms with Crippen molar-refractivity contribution in [3.05, 3.63) is 60.3 Å². The summed E-state index contributed by atoms with van der Waals surface area (Å²) in [6, 6.07) is 6.29. The molecule has 1 amide bonds. The normalized spacial score (nSPS) is 11.0. The number of nitrogens with one attached hydrogen (secondary N) is 1. The Hall–Kier alpha value is -3.03. The zero-order chi connectivity index (χ0) is 16.9. The summed E-state index contributed by atoms with van der Waals surface area (Å²) in [5, 5.41) is 2.77. The highest BCUT2D eigenvalue weighted by molar-refractivity contribution is 5.97. The van der Waals surface area contributed by atoms with Crippen LogP contribution in [-0.2, 0) is 6.42 Å². The van der Waals surface area contributed by atoms with Crippen molar-refractivity contribution in [2.24, 2.45) is 0 Å². The molecule has 0 fully saturated rings. The molecule has 0 aliphatic carbocycles. The first-order valence-corrected chi connectivity index (χ1v) is 7.23. The molecule has 8 heteroatoms. The number of alkyl halides is 2. The fourth-order valence-electron chi connectivity index (χ4n) is 2.26. The van der Waals surface area contributed by atoms with Crippen molar-refractivity contribution in [3.63, 3.8) is 0 Å². The van der Waals surface area contributed by atoms with Gasteiger partial charge in [0.05, 0.1) is 0 Å². The smallest absolute Gasteiger partial charge is 0.387 e. The Morgan fingerprint density at radius 3 is 2.58 bits per heavy atom. The van der Waals surface area contributed by atoms with Crippen LogP contribution < -0.4 is 10.1 Å². The molecule has 24 heavy (non-hydrogen) atoms. The minimum Gasteiger partial charge on any atom is -0.435 e. The Kier molecular flexibility index (Phi) is 4.64. The summed E-state index contributed by atoms with van der Waals surface area (Å²) in [4.78, 5) is 20.4. The van der Waals surface area contributed by atoms with Gasteiger partial charge in [-0.2, -0.15) is 8.78 Å². The lowest BCUT2D eigenvalue weighted by Gasteiger charge is -2.07. The number of fused-ring (bicyclic) bond motifs is 1. The standard InChI is InChI=1S/C16H14F2N4O2/c17-16(18)24-12-3-1-11(2-4-12)5-6-21-15(23)13-14-20-8-10-22(14)9-7-19-13/h1-4,7-10,16H,5-6H2,(H,21,23). The van der Waals surface area contributed by atoms with Gasteiger partial charge in [0.2, 0.25) is 0 Å². The van der Waals surface area contributed by atoms with Crippen LogP contribution >= 0.6 is 0 Å². The van der Waals surface area contributed by atoms with Gasteiger partial charge in [0, 0.05) is 31.3 Å². The number of benzene rings is 1. The Morgan fingerprint density at radius 2 is 1.88 bits per heavy atom. The molecule has 0 aliphatic rings. The first-order valence-electron chi connectivity index (χ1n) is 7.23. The lowest BCUT2D eigenvalue weighted by Crippen LogP contribution is -2.27. The number of imidazole rings is 1. The zero-order valence-electron chi connectivity index (χ0n) is 12.5. The second kappa shape index (κ2) is 7.03. The summed E-state index contributed by atoms with van der Waals surface area (Å²) in [5.41, 5.74) is 1.63. The summed E-state index contributed by atoms with van der Waals surface area (Å²) in [6.45, 7) is -2.45. The number of halogens is 2. The van der Waals surface area contributed by atoms with E-state index in [4.69, 9.17) is 0 Å². The molecule has 2 aromatic heterocycles. The minimum absolute atomic E-state index is 0.105. The number of nitrogens with zero attached hydrogens (tertiary/aromatic N) is 3. The van der Waals surface area contributed by atoms with E-state index in [2.05, 4.69) is 20.0 Å². The lowest BCUT2D eigenvalue weighted by atomic mass is 10.1. The van der Waals surface area contributed by atoms with Gasteiger partial charge in [0.1, 0.15) is 5.75 Å². The van der Waals surface area contributed by atoms with Crippen molar-refractivity contribution < 1.29 is 18.3 Å². The summed E-state index contributed by atoms with van der Waals surface area (Å²) >= 11 is 0. The monoisotopic (exact) mass is 332 g/mol. The highest BCUT2D eigenvalue weighted by Gasteiger charge is 2.12. The van der Waals surface area contributed by atoms with E-state index >= 15 is 0 Å². The number of carbonyl (C=O) groups is 1. The van der Waals surface area contributed by atoms with E-state index in [9.17, 15) is 13.6 Å². The van der Waals surface area contributed by atoms with Crippen LogP contribution in [0.15, 0.2) is 49.1 Å². The van der Waals surface area contributed by atoms with Crippen LogP contribution in [0.4, 0.5) is 8.78 Å². The molecular formula is C16H14F2N4O2. The van der Waals surface area contributed by atoms with Crippen molar-refractivity contribution in [3.8, 4) is 5.75 Å². The molecule has 0 bridgehead atoms. The molecule has 124 valence electrons. The molecule has 2 heterocycles. The first-order chi connectivity index (χ1) is 11.6. The number of hydrogen-bond donors (Lipinski definition) is 1.